The van der Waals surface area contributed by atoms with Crippen LogP contribution in [0.5, 0.6) is 0 Å². The Morgan fingerprint density at radius 1 is 1.13 bits per heavy atom. The molecule has 14 heteroatoms. The Kier molecular flexibility index (Phi) is 8.78. The molecule has 0 saturated carbocycles. The number of carboxylic acids is 2. The fourth-order valence-electron chi connectivity index (χ4n) is 2.89. The minimum Gasteiger partial charge on any atom is -0.475 e. The van der Waals surface area contributed by atoms with Crippen LogP contribution < -0.4 is 5.32 Å². The SMILES string of the molecule is Cc1cccc(CN2C(=O)C[C@H]3NCC[C@@H]32)n1.O=C(O)C(F)(F)F.O=C(O)C(F)(F)F. The predicted molar refractivity (Wildman–Crippen MR) is 91.7 cm³/mol. The molecule has 174 valence electrons. The number of halogens is 6. The molecule has 0 bridgehead atoms. The highest BCUT2D eigenvalue weighted by molar-refractivity contribution is 5.80. The van der Waals surface area contributed by atoms with E-state index in [9.17, 15) is 31.1 Å². The maximum atomic E-state index is 11.9. The summed E-state index contributed by atoms with van der Waals surface area (Å²) in [6.07, 6.45) is -8.45. The van der Waals surface area contributed by atoms with Crippen LogP contribution in [0.3, 0.4) is 0 Å². The number of alkyl halides is 6. The molecule has 1 aromatic rings. The van der Waals surface area contributed by atoms with E-state index in [2.05, 4.69) is 10.3 Å². The second-order valence-corrected chi connectivity index (χ2v) is 6.52. The number of fused-ring (bicyclic) bond motifs is 1. The first-order valence-corrected chi connectivity index (χ1v) is 8.68. The van der Waals surface area contributed by atoms with Gasteiger partial charge >= 0.3 is 24.3 Å². The zero-order valence-electron chi connectivity index (χ0n) is 16.0. The lowest BCUT2D eigenvalue weighted by molar-refractivity contribution is -0.193. The third-order valence-electron chi connectivity index (χ3n) is 4.19. The molecular formula is C17H19F6N3O5. The summed E-state index contributed by atoms with van der Waals surface area (Å²) in [6.45, 7) is 3.67. The van der Waals surface area contributed by atoms with Crippen LogP contribution in [0.25, 0.3) is 0 Å². The third kappa shape index (κ3) is 8.39. The number of carboxylic acid groups (broad SMARTS) is 2. The Hall–Kier alpha value is -2.90. The van der Waals surface area contributed by atoms with Crippen molar-refractivity contribution < 1.29 is 50.9 Å². The molecule has 1 amide bonds. The minimum atomic E-state index is -5.08. The number of hydrogen-bond acceptors (Lipinski definition) is 5. The fourth-order valence-corrected chi connectivity index (χ4v) is 2.89. The average Bonchev–Trinajstić information content (AvgIpc) is 3.17. The van der Waals surface area contributed by atoms with Gasteiger partial charge in [-0.05, 0) is 32.0 Å². The van der Waals surface area contributed by atoms with Crippen LogP contribution in [0.4, 0.5) is 26.3 Å². The number of carbonyl (C=O) groups excluding carboxylic acids is 1. The second-order valence-electron chi connectivity index (χ2n) is 6.52. The topological polar surface area (TPSA) is 120 Å². The summed E-state index contributed by atoms with van der Waals surface area (Å²) in [4.78, 5) is 36.2. The number of hydrogen-bond donors (Lipinski definition) is 3. The van der Waals surface area contributed by atoms with Crippen molar-refractivity contribution in [3.63, 3.8) is 0 Å². The number of aromatic nitrogens is 1. The van der Waals surface area contributed by atoms with E-state index in [1.807, 2.05) is 30.0 Å². The maximum Gasteiger partial charge on any atom is 0.490 e. The van der Waals surface area contributed by atoms with Crippen molar-refractivity contribution in [1.82, 2.24) is 15.2 Å². The molecule has 3 heterocycles. The van der Waals surface area contributed by atoms with Gasteiger partial charge in [-0.3, -0.25) is 9.78 Å². The first-order valence-electron chi connectivity index (χ1n) is 8.68. The lowest BCUT2D eigenvalue weighted by Crippen LogP contribution is -2.35. The molecule has 0 radical (unpaired) electrons. The van der Waals surface area contributed by atoms with Crippen molar-refractivity contribution in [2.75, 3.05) is 6.54 Å². The molecule has 0 aromatic carbocycles. The van der Waals surface area contributed by atoms with Gasteiger partial charge in [-0.1, -0.05) is 6.07 Å². The third-order valence-corrected chi connectivity index (χ3v) is 4.19. The van der Waals surface area contributed by atoms with Crippen LogP contribution in [-0.2, 0) is 20.9 Å². The molecule has 0 unspecified atom stereocenters. The molecule has 2 fully saturated rings. The van der Waals surface area contributed by atoms with E-state index in [-0.39, 0.29) is 5.91 Å². The van der Waals surface area contributed by atoms with E-state index >= 15 is 0 Å². The monoisotopic (exact) mass is 459 g/mol. The van der Waals surface area contributed by atoms with Gasteiger partial charge in [-0.15, -0.1) is 0 Å². The molecule has 3 rings (SSSR count). The Labute approximate surface area is 171 Å². The first kappa shape index (κ1) is 26.1. The van der Waals surface area contributed by atoms with Crippen molar-refractivity contribution in [2.24, 2.45) is 0 Å². The summed E-state index contributed by atoms with van der Waals surface area (Å²) < 4.78 is 63.5. The van der Waals surface area contributed by atoms with Gasteiger partial charge in [0, 0.05) is 24.2 Å². The molecule has 8 nitrogen and oxygen atoms in total. The summed E-state index contributed by atoms with van der Waals surface area (Å²) in [5, 5.41) is 17.6. The van der Waals surface area contributed by atoms with Crippen molar-refractivity contribution in [1.29, 1.82) is 0 Å². The van der Waals surface area contributed by atoms with E-state index < -0.39 is 24.3 Å². The number of rotatable bonds is 2. The van der Waals surface area contributed by atoms with Crippen molar-refractivity contribution in [3.05, 3.63) is 29.6 Å². The number of carbonyl (C=O) groups is 3. The van der Waals surface area contributed by atoms with Gasteiger partial charge in [0.05, 0.1) is 12.2 Å². The molecule has 31 heavy (non-hydrogen) atoms. The molecule has 2 aliphatic rings. The highest BCUT2D eigenvalue weighted by atomic mass is 19.4. The molecule has 2 aliphatic heterocycles. The second kappa shape index (κ2) is 10.4. The lowest BCUT2D eigenvalue weighted by Gasteiger charge is -2.23. The van der Waals surface area contributed by atoms with Crippen LogP contribution in [-0.4, -0.2) is 68.9 Å². The van der Waals surface area contributed by atoms with Gasteiger partial charge in [0.1, 0.15) is 0 Å². The maximum absolute atomic E-state index is 11.9. The predicted octanol–water partition coefficient (Wildman–Crippen LogP) is 2.12. The summed E-state index contributed by atoms with van der Waals surface area (Å²) in [5.41, 5.74) is 2.00. The Morgan fingerprint density at radius 2 is 1.65 bits per heavy atom. The number of aryl methyl sites for hydroxylation is 1. The number of amides is 1. The number of nitrogens with zero attached hydrogens (tertiary/aromatic N) is 2. The Bertz CT molecular complexity index is 775. The first-order chi connectivity index (χ1) is 14.1. The Balaban J connectivity index is 0.000000288. The zero-order chi connectivity index (χ0) is 24.0. The van der Waals surface area contributed by atoms with E-state index in [1.54, 1.807) is 0 Å². The summed E-state index contributed by atoms with van der Waals surface area (Å²) in [7, 11) is 0. The van der Waals surface area contributed by atoms with Gasteiger partial charge < -0.3 is 20.4 Å². The van der Waals surface area contributed by atoms with Crippen molar-refractivity contribution in [3.8, 4) is 0 Å². The highest BCUT2D eigenvalue weighted by Gasteiger charge is 2.42. The van der Waals surface area contributed by atoms with Crippen LogP contribution in [0.15, 0.2) is 18.2 Å². The van der Waals surface area contributed by atoms with Crippen molar-refractivity contribution >= 4 is 17.8 Å². The van der Waals surface area contributed by atoms with E-state index in [0.717, 1.165) is 24.4 Å². The summed E-state index contributed by atoms with van der Waals surface area (Å²) in [5.74, 6) is -5.25. The van der Waals surface area contributed by atoms with Crippen LogP contribution >= 0.6 is 0 Å². The Morgan fingerprint density at radius 3 is 2.10 bits per heavy atom. The minimum absolute atomic E-state index is 0.260. The molecule has 3 N–H and O–H groups in total. The van der Waals surface area contributed by atoms with E-state index in [4.69, 9.17) is 19.8 Å². The molecule has 0 aliphatic carbocycles. The van der Waals surface area contributed by atoms with Gasteiger partial charge in [0.15, 0.2) is 0 Å². The molecular weight excluding hydrogens is 440 g/mol. The molecule has 2 saturated heterocycles. The molecule has 1 aromatic heterocycles. The number of likely N-dealkylation sites (tertiary alicyclic amines) is 1. The van der Waals surface area contributed by atoms with E-state index in [1.165, 1.54) is 0 Å². The summed E-state index contributed by atoms with van der Waals surface area (Å²) in [6, 6.07) is 6.73. The summed E-state index contributed by atoms with van der Waals surface area (Å²) >= 11 is 0. The van der Waals surface area contributed by atoms with Crippen LogP contribution in [0, 0.1) is 6.92 Å². The van der Waals surface area contributed by atoms with Gasteiger partial charge in [-0.2, -0.15) is 26.3 Å². The van der Waals surface area contributed by atoms with E-state index in [0.29, 0.717) is 25.0 Å². The van der Waals surface area contributed by atoms with Crippen LogP contribution in [0.2, 0.25) is 0 Å². The zero-order valence-corrected chi connectivity index (χ0v) is 16.0. The molecule has 2 atom stereocenters. The van der Waals surface area contributed by atoms with Crippen LogP contribution in [0.1, 0.15) is 24.2 Å². The largest absolute Gasteiger partial charge is 0.490 e. The molecule has 0 spiro atoms. The quantitative estimate of drug-likeness (QED) is 0.580. The number of nitrogens with one attached hydrogen (secondary N) is 1. The number of aliphatic carboxylic acids is 2. The van der Waals surface area contributed by atoms with Gasteiger partial charge in [0.25, 0.3) is 0 Å². The number of pyridine rings is 1. The average molecular weight is 459 g/mol. The van der Waals surface area contributed by atoms with Crippen molar-refractivity contribution in [2.45, 2.75) is 50.7 Å². The lowest BCUT2D eigenvalue weighted by atomic mass is 10.1. The highest BCUT2D eigenvalue weighted by Crippen LogP contribution is 2.27. The van der Waals surface area contributed by atoms with Gasteiger partial charge in [-0.25, -0.2) is 9.59 Å². The normalized spacial score (nSPS) is 20.2. The fraction of sp³-hybridized carbons (Fsp3) is 0.529. The standard InChI is InChI=1S/C13H17N3O.2C2HF3O2/c1-9-3-2-4-10(15-9)8-16-12-5-6-14-11(12)7-13(16)17;2*3-2(4,5)1(6)7/h2-4,11-12,14H,5-8H2,1H3;2*(H,6,7)/t11-,12+;;/m1../s1. The van der Waals surface area contributed by atoms with Gasteiger partial charge in [0.2, 0.25) is 5.91 Å². The smallest absolute Gasteiger partial charge is 0.475 e.